The molecule has 3 heterocycles. The van der Waals surface area contributed by atoms with Gasteiger partial charge in [0.2, 0.25) is 0 Å². The summed E-state index contributed by atoms with van der Waals surface area (Å²) in [6.07, 6.45) is 3.77. The monoisotopic (exact) mass is 231 g/mol. The van der Waals surface area contributed by atoms with Crippen molar-refractivity contribution in [2.45, 2.75) is 26.2 Å². The topological polar surface area (TPSA) is 30.2 Å². The highest BCUT2D eigenvalue weighted by molar-refractivity contribution is 7.18. The van der Waals surface area contributed by atoms with Crippen molar-refractivity contribution >= 4 is 27.3 Å². The van der Waals surface area contributed by atoms with E-state index in [1.54, 1.807) is 11.3 Å². The predicted molar refractivity (Wildman–Crippen MR) is 67.1 cm³/mol. The average Bonchev–Trinajstić information content (AvgIpc) is 2.81. The molecule has 0 aliphatic heterocycles. The van der Waals surface area contributed by atoms with Crippen molar-refractivity contribution in [3.05, 3.63) is 29.5 Å². The molecule has 0 aliphatic rings. The first-order chi connectivity index (χ1) is 7.55. The third-order valence-corrected chi connectivity index (χ3v) is 3.99. The summed E-state index contributed by atoms with van der Waals surface area (Å²) in [7, 11) is 0. The Morgan fingerprint density at radius 2 is 2.06 bits per heavy atom. The molecule has 0 radical (unpaired) electrons. The third-order valence-electron chi connectivity index (χ3n) is 2.56. The van der Waals surface area contributed by atoms with Crippen molar-refractivity contribution in [1.82, 2.24) is 14.4 Å². The zero-order valence-electron chi connectivity index (χ0n) is 9.56. The number of fused-ring (bicyclic) bond motifs is 3. The second-order valence-electron chi connectivity index (χ2n) is 4.95. The van der Waals surface area contributed by atoms with Gasteiger partial charge in [-0.1, -0.05) is 20.8 Å². The van der Waals surface area contributed by atoms with E-state index >= 15 is 0 Å². The molecule has 0 amide bonds. The normalized spacial score (nSPS) is 12.7. The van der Waals surface area contributed by atoms with E-state index in [1.165, 1.54) is 9.71 Å². The Balaban J connectivity index is 2.39. The van der Waals surface area contributed by atoms with E-state index in [9.17, 15) is 0 Å². The molecule has 0 atom stereocenters. The number of thiazole rings is 1. The highest BCUT2D eigenvalue weighted by atomic mass is 32.1. The van der Waals surface area contributed by atoms with Crippen LogP contribution < -0.4 is 0 Å². The van der Waals surface area contributed by atoms with Crippen LogP contribution in [0.5, 0.6) is 0 Å². The van der Waals surface area contributed by atoms with Gasteiger partial charge in [0.25, 0.3) is 0 Å². The van der Waals surface area contributed by atoms with Gasteiger partial charge in [0.1, 0.15) is 10.7 Å². The fourth-order valence-corrected chi connectivity index (χ4v) is 2.71. The minimum Gasteiger partial charge on any atom is -0.283 e. The Kier molecular flexibility index (Phi) is 1.86. The van der Waals surface area contributed by atoms with E-state index in [-0.39, 0.29) is 5.41 Å². The molecule has 0 unspecified atom stereocenters. The van der Waals surface area contributed by atoms with E-state index in [4.69, 9.17) is 4.98 Å². The molecule has 16 heavy (non-hydrogen) atoms. The molecule has 0 aliphatic carbocycles. The maximum Gasteiger partial charge on any atom is 0.157 e. The fraction of sp³-hybridized carbons (Fsp3) is 0.333. The van der Waals surface area contributed by atoms with Gasteiger partial charge in [0, 0.05) is 17.8 Å². The van der Waals surface area contributed by atoms with Crippen molar-refractivity contribution in [1.29, 1.82) is 0 Å². The molecule has 0 aromatic carbocycles. The van der Waals surface area contributed by atoms with Gasteiger partial charge >= 0.3 is 0 Å². The number of hydrogen-bond acceptors (Lipinski definition) is 3. The SMILES string of the molecule is CC(C)(C)c1nc2c(ccc3nccn32)s1. The molecule has 3 aromatic rings. The van der Waals surface area contributed by atoms with E-state index in [2.05, 4.69) is 31.8 Å². The molecule has 4 heteroatoms. The molecular weight excluding hydrogens is 218 g/mol. The summed E-state index contributed by atoms with van der Waals surface area (Å²) >= 11 is 1.76. The van der Waals surface area contributed by atoms with Crippen molar-refractivity contribution in [3.63, 3.8) is 0 Å². The maximum absolute atomic E-state index is 4.73. The summed E-state index contributed by atoms with van der Waals surface area (Å²) in [5.41, 5.74) is 2.08. The summed E-state index contributed by atoms with van der Waals surface area (Å²) < 4.78 is 3.26. The summed E-state index contributed by atoms with van der Waals surface area (Å²) in [5.74, 6) is 0. The number of rotatable bonds is 0. The van der Waals surface area contributed by atoms with Gasteiger partial charge in [-0.05, 0) is 12.1 Å². The van der Waals surface area contributed by atoms with Crippen LogP contribution in [0, 0.1) is 0 Å². The zero-order valence-corrected chi connectivity index (χ0v) is 10.4. The number of imidazole rings is 1. The molecule has 3 aromatic heterocycles. The number of pyridine rings is 1. The Labute approximate surface area is 97.8 Å². The molecule has 82 valence electrons. The quantitative estimate of drug-likeness (QED) is 0.594. The minimum absolute atomic E-state index is 0.108. The zero-order chi connectivity index (χ0) is 11.3. The van der Waals surface area contributed by atoms with Crippen LogP contribution in [0.1, 0.15) is 25.8 Å². The second kappa shape index (κ2) is 3.04. The van der Waals surface area contributed by atoms with Crippen LogP contribution >= 0.6 is 11.3 Å². The Bertz CT molecular complexity index is 658. The first-order valence-corrected chi connectivity index (χ1v) is 6.10. The lowest BCUT2D eigenvalue weighted by molar-refractivity contribution is 0.586. The fourth-order valence-electron chi connectivity index (χ4n) is 1.69. The molecule has 3 rings (SSSR count). The lowest BCUT2D eigenvalue weighted by Crippen LogP contribution is -2.10. The Morgan fingerprint density at radius 1 is 1.25 bits per heavy atom. The molecule has 3 nitrogen and oxygen atoms in total. The summed E-state index contributed by atoms with van der Waals surface area (Å²) in [6.45, 7) is 6.57. The van der Waals surface area contributed by atoms with Crippen LogP contribution in [0.3, 0.4) is 0 Å². The minimum atomic E-state index is 0.108. The first-order valence-electron chi connectivity index (χ1n) is 5.29. The van der Waals surface area contributed by atoms with Gasteiger partial charge in [0.15, 0.2) is 5.65 Å². The van der Waals surface area contributed by atoms with Crippen molar-refractivity contribution in [2.75, 3.05) is 0 Å². The molecule has 0 bridgehead atoms. The smallest absolute Gasteiger partial charge is 0.157 e. The van der Waals surface area contributed by atoms with Crippen LogP contribution in [0.15, 0.2) is 24.5 Å². The largest absolute Gasteiger partial charge is 0.283 e. The van der Waals surface area contributed by atoms with Gasteiger partial charge < -0.3 is 0 Å². The van der Waals surface area contributed by atoms with Crippen LogP contribution in [0.2, 0.25) is 0 Å². The molecule has 0 saturated heterocycles. The van der Waals surface area contributed by atoms with Gasteiger partial charge in [0.05, 0.1) is 4.70 Å². The van der Waals surface area contributed by atoms with Gasteiger partial charge in [-0.2, -0.15) is 0 Å². The molecule has 0 N–H and O–H groups in total. The summed E-state index contributed by atoms with van der Waals surface area (Å²) in [5, 5.41) is 1.17. The molecule has 0 saturated carbocycles. The lowest BCUT2D eigenvalue weighted by atomic mass is 9.98. The van der Waals surface area contributed by atoms with Crippen molar-refractivity contribution < 1.29 is 0 Å². The lowest BCUT2D eigenvalue weighted by Gasteiger charge is -2.13. The van der Waals surface area contributed by atoms with Gasteiger partial charge in [-0.15, -0.1) is 11.3 Å². The van der Waals surface area contributed by atoms with E-state index in [0.29, 0.717) is 0 Å². The number of hydrogen-bond donors (Lipinski definition) is 0. The Hall–Kier alpha value is -1.42. The highest BCUT2D eigenvalue weighted by Gasteiger charge is 2.19. The van der Waals surface area contributed by atoms with Crippen LogP contribution in [0.4, 0.5) is 0 Å². The highest BCUT2D eigenvalue weighted by Crippen LogP contribution is 2.31. The standard InChI is InChI=1S/C12H13N3S/c1-12(2,3)11-14-10-8(16-11)4-5-9-13-6-7-15(9)10/h4-7H,1-3H3. The molecular formula is C12H13N3S. The van der Waals surface area contributed by atoms with Crippen LogP contribution in [0.25, 0.3) is 16.0 Å². The van der Waals surface area contributed by atoms with Crippen molar-refractivity contribution in [2.24, 2.45) is 0 Å². The van der Waals surface area contributed by atoms with E-state index < -0.39 is 0 Å². The number of aromatic nitrogens is 3. The molecule has 0 spiro atoms. The third kappa shape index (κ3) is 1.33. The maximum atomic E-state index is 4.73. The summed E-state index contributed by atoms with van der Waals surface area (Å²) in [4.78, 5) is 8.99. The Morgan fingerprint density at radius 3 is 2.81 bits per heavy atom. The van der Waals surface area contributed by atoms with Crippen LogP contribution in [-0.2, 0) is 5.41 Å². The average molecular weight is 231 g/mol. The van der Waals surface area contributed by atoms with E-state index in [1.807, 2.05) is 22.9 Å². The van der Waals surface area contributed by atoms with Crippen LogP contribution in [-0.4, -0.2) is 14.4 Å². The van der Waals surface area contributed by atoms with Gasteiger partial charge in [-0.25, -0.2) is 9.97 Å². The van der Waals surface area contributed by atoms with Gasteiger partial charge in [-0.3, -0.25) is 4.40 Å². The predicted octanol–water partition coefficient (Wildman–Crippen LogP) is 3.24. The number of nitrogens with zero attached hydrogens (tertiary/aromatic N) is 3. The molecule has 0 fully saturated rings. The van der Waals surface area contributed by atoms with Crippen molar-refractivity contribution in [3.8, 4) is 0 Å². The first kappa shape index (κ1) is 9.78. The summed E-state index contributed by atoms with van der Waals surface area (Å²) in [6, 6.07) is 4.14. The second-order valence-corrected chi connectivity index (χ2v) is 5.98. The van der Waals surface area contributed by atoms with E-state index in [0.717, 1.165) is 11.3 Å².